The van der Waals surface area contributed by atoms with Crippen LogP contribution >= 0.6 is 0 Å². The van der Waals surface area contributed by atoms with E-state index in [0.29, 0.717) is 37.4 Å². The molecule has 1 amide bonds. The first-order valence-electron chi connectivity index (χ1n) is 13.1. The van der Waals surface area contributed by atoms with Gasteiger partial charge in [-0.25, -0.2) is 13.5 Å². The molecule has 5 rings (SSSR count). The monoisotopic (exact) mass is 492 g/mol. The van der Waals surface area contributed by atoms with Crippen molar-refractivity contribution in [3.63, 3.8) is 0 Å². The molecule has 0 N–H and O–H groups in total. The first-order valence-corrected chi connectivity index (χ1v) is 13.1. The number of carbonyl (C=O) groups excluding carboxylic acids is 1. The number of carbonyl (C=O) groups is 1. The summed E-state index contributed by atoms with van der Waals surface area (Å²) in [5.41, 5.74) is 4.31. The minimum atomic E-state index is -0.307. The number of benzene rings is 2. The maximum Gasteiger partial charge on any atom is 0.226 e. The molecule has 0 atom stereocenters. The molecule has 7 heteroatoms. The molecule has 0 bridgehead atoms. The van der Waals surface area contributed by atoms with Crippen molar-refractivity contribution in [2.75, 3.05) is 13.1 Å². The van der Waals surface area contributed by atoms with Crippen molar-refractivity contribution in [1.29, 1.82) is 0 Å². The van der Waals surface area contributed by atoms with Crippen LogP contribution in [-0.2, 0) is 30.8 Å². The first-order chi connectivity index (χ1) is 17.5. The number of fused-ring (bicyclic) bond motifs is 1. The second-order valence-corrected chi connectivity index (χ2v) is 10.0. The Morgan fingerprint density at radius 3 is 2.64 bits per heavy atom. The van der Waals surface area contributed by atoms with Crippen molar-refractivity contribution >= 4 is 5.91 Å². The van der Waals surface area contributed by atoms with Crippen LogP contribution in [0.1, 0.15) is 61.5 Å². The third-order valence-corrected chi connectivity index (χ3v) is 7.61. The second kappa shape index (κ2) is 10.9. The summed E-state index contributed by atoms with van der Waals surface area (Å²) < 4.78 is 30.3. The van der Waals surface area contributed by atoms with Gasteiger partial charge in [-0.1, -0.05) is 43.5 Å². The molecule has 1 aliphatic heterocycles. The number of nitrogens with zero attached hydrogens (tertiary/aromatic N) is 4. The average Bonchev–Trinajstić information content (AvgIpc) is 3.26. The molecule has 0 radical (unpaired) electrons. The van der Waals surface area contributed by atoms with Crippen LogP contribution < -0.4 is 0 Å². The van der Waals surface area contributed by atoms with Crippen molar-refractivity contribution in [3.8, 4) is 5.69 Å². The number of hydrogen-bond acceptors (Lipinski definition) is 3. The van der Waals surface area contributed by atoms with Gasteiger partial charge in [0.05, 0.1) is 23.6 Å². The molecule has 3 aromatic rings. The Bertz CT molecular complexity index is 1220. The molecule has 1 fully saturated rings. The second-order valence-electron chi connectivity index (χ2n) is 10.0. The molecule has 5 nitrogen and oxygen atoms in total. The number of halogens is 2. The average molecular weight is 493 g/mol. The lowest BCUT2D eigenvalue weighted by atomic mass is 9.88. The fraction of sp³-hybridized carbons (Fsp3) is 0.448. The van der Waals surface area contributed by atoms with Crippen LogP contribution in [0.15, 0.2) is 48.5 Å². The van der Waals surface area contributed by atoms with Crippen LogP contribution in [0.4, 0.5) is 8.78 Å². The van der Waals surface area contributed by atoms with Gasteiger partial charge in [0, 0.05) is 49.6 Å². The molecule has 2 heterocycles. The maximum absolute atomic E-state index is 14.3. The van der Waals surface area contributed by atoms with E-state index in [1.54, 1.807) is 12.1 Å². The minimum Gasteiger partial charge on any atom is -0.337 e. The summed E-state index contributed by atoms with van der Waals surface area (Å²) in [7, 11) is 0. The van der Waals surface area contributed by atoms with Crippen molar-refractivity contribution in [2.24, 2.45) is 5.92 Å². The van der Waals surface area contributed by atoms with Gasteiger partial charge in [-0.2, -0.15) is 5.10 Å². The quantitative estimate of drug-likeness (QED) is 0.429. The van der Waals surface area contributed by atoms with E-state index in [1.807, 2.05) is 34.7 Å². The molecule has 36 heavy (non-hydrogen) atoms. The SMILES string of the molecule is CCN(Cc1nn(-c2cccc(F)c2)c2c1CN(Cc1ccccc1F)CC2)C(=O)C1CCCCC1. The molecular weight excluding hydrogens is 458 g/mol. The van der Waals surface area contributed by atoms with E-state index in [0.717, 1.165) is 55.6 Å². The Balaban J connectivity index is 1.45. The topological polar surface area (TPSA) is 41.4 Å². The summed E-state index contributed by atoms with van der Waals surface area (Å²) in [4.78, 5) is 17.5. The van der Waals surface area contributed by atoms with Gasteiger partial charge in [-0.15, -0.1) is 0 Å². The summed E-state index contributed by atoms with van der Waals surface area (Å²) in [6, 6.07) is 13.4. The highest BCUT2D eigenvalue weighted by atomic mass is 19.1. The lowest BCUT2D eigenvalue weighted by Gasteiger charge is -2.30. The molecule has 1 aromatic heterocycles. The van der Waals surface area contributed by atoms with E-state index < -0.39 is 0 Å². The summed E-state index contributed by atoms with van der Waals surface area (Å²) in [5, 5.41) is 4.93. The summed E-state index contributed by atoms with van der Waals surface area (Å²) in [5.74, 6) is -0.199. The Kier molecular flexibility index (Phi) is 7.46. The number of amides is 1. The smallest absolute Gasteiger partial charge is 0.226 e. The van der Waals surface area contributed by atoms with E-state index in [9.17, 15) is 13.6 Å². The zero-order valence-corrected chi connectivity index (χ0v) is 20.9. The minimum absolute atomic E-state index is 0.0948. The van der Waals surface area contributed by atoms with E-state index in [4.69, 9.17) is 5.10 Å². The van der Waals surface area contributed by atoms with Gasteiger partial charge in [-0.3, -0.25) is 9.69 Å². The summed E-state index contributed by atoms with van der Waals surface area (Å²) in [6.45, 7) is 4.94. The standard InChI is InChI=1S/C29H34F2N4O/c1-2-34(29(36)21-9-4-3-5-10-21)20-27-25-19-33(18-22-11-6-7-14-26(22)31)16-15-28(25)35(32-27)24-13-8-12-23(30)17-24/h6-8,11-14,17,21H,2-5,9-10,15-16,18-20H2,1H3. The summed E-state index contributed by atoms with van der Waals surface area (Å²) >= 11 is 0. The highest BCUT2D eigenvalue weighted by Gasteiger charge is 2.30. The van der Waals surface area contributed by atoms with E-state index in [-0.39, 0.29) is 23.5 Å². The molecule has 2 aliphatic rings. The van der Waals surface area contributed by atoms with Gasteiger partial charge in [-0.05, 0) is 44.0 Å². The predicted molar refractivity (Wildman–Crippen MR) is 135 cm³/mol. The largest absolute Gasteiger partial charge is 0.337 e. The van der Waals surface area contributed by atoms with Crippen molar-refractivity contribution < 1.29 is 13.6 Å². The van der Waals surface area contributed by atoms with Crippen LogP contribution in [0.5, 0.6) is 0 Å². The molecule has 1 saturated carbocycles. The van der Waals surface area contributed by atoms with Gasteiger partial charge in [0.1, 0.15) is 11.6 Å². The van der Waals surface area contributed by atoms with Crippen molar-refractivity contribution in [2.45, 2.75) is 65.1 Å². The van der Waals surface area contributed by atoms with Gasteiger partial charge >= 0.3 is 0 Å². The zero-order valence-electron chi connectivity index (χ0n) is 20.9. The molecule has 2 aromatic carbocycles. The third kappa shape index (κ3) is 5.21. The third-order valence-electron chi connectivity index (χ3n) is 7.61. The Labute approximate surface area is 211 Å². The number of rotatable bonds is 7. The van der Waals surface area contributed by atoms with Crippen LogP contribution in [-0.4, -0.2) is 38.6 Å². The zero-order chi connectivity index (χ0) is 25.1. The van der Waals surface area contributed by atoms with E-state index in [2.05, 4.69) is 4.90 Å². The maximum atomic E-state index is 14.3. The molecule has 0 saturated heterocycles. The van der Waals surface area contributed by atoms with Crippen molar-refractivity contribution in [1.82, 2.24) is 19.6 Å². The lowest BCUT2D eigenvalue weighted by Crippen LogP contribution is -2.37. The van der Waals surface area contributed by atoms with E-state index in [1.165, 1.54) is 24.6 Å². The predicted octanol–water partition coefficient (Wildman–Crippen LogP) is 5.64. The summed E-state index contributed by atoms with van der Waals surface area (Å²) in [6.07, 6.45) is 6.07. The van der Waals surface area contributed by atoms with Crippen LogP contribution in [0.3, 0.4) is 0 Å². The highest BCUT2D eigenvalue weighted by Crippen LogP contribution is 2.30. The first kappa shape index (κ1) is 24.6. The van der Waals surface area contributed by atoms with Gasteiger partial charge in [0.15, 0.2) is 0 Å². The van der Waals surface area contributed by atoms with Crippen LogP contribution in [0, 0.1) is 17.6 Å². The molecule has 0 unspecified atom stereocenters. The fourth-order valence-corrected chi connectivity index (χ4v) is 5.63. The lowest BCUT2D eigenvalue weighted by molar-refractivity contribution is -0.137. The van der Waals surface area contributed by atoms with Crippen molar-refractivity contribution in [3.05, 3.63) is 82.7 Å². The number of hydrogen-bond donors (Lipinski definition) is 0. The van der Waals surface area contributed by atoms with Crippen LogP contribution in [0.2, 0.25) is 0 Å². The molecule has 190 valence electrons. The molecular formula is C29H34F2N4O. The Hall–Kier alpha value is -3.06. The highest BCUT2D eigenvalue weighted by molar-refractivity contribution is 5.78. The normalized spacial score (nSPS) is 16.6. The molecule has 0 spiro atoms. The number of aromatic nitrogens is 2. The molecule has 1 aliphatic carbocycles. The fourth-order valence-electron chi connectivity index (χ4n) is 5.63. The Morgan fingerprint density at radius 1 is 1.08 bits per heavy atom. The van der Waals surface area contributed by atoms with Gasteiger partial charge in [0.2, 0.25) is 5.91 Å². The van der Waals surface area contributed by atoms with E-state index >= 15 is 0 Å². The van der Waals surface area contributed by atoms with Gasteiger partial charge < -0.3 is 4.90 Å². The van der Waals surface area contributed by atoms with Gasteiger partial charge in [0.25, 0.3) is 0 Å². The van der Waals surface area contributed by atoms with Crippen LogP contribution in [0.25, 0.3) is 5.69 Å². The Morgan fingerprint density at radius 2 is 1.89 bits per heavy atom.